The Morgan fingerprint density at radius 1 is 0.767 bits per heavy atom. The summed E-state index contributed by atoms with van der Waals surface area (Å²) >= 11 is 0. The normalized spacial score (nSPS) is 15.1. The molecule has 0 amide bonds. The van der Waals surface area contributed by atoms with Crippen molar-refractivity contribution in [3.8, 4) is 17.2 Å². The number of ether oxygens (including phenoxy) is 1. The quantitative estimate of drug-likeness (QED) is 0.194. The minimum absolute atomic E-state index is 0.141. The maximum absolute atomic E-state index is 6.29. The first-order chi connectivity index (χ1) is 21.0. The van der Waals surface area contributed by atoms with Crippen molar-refractivity contribution < 1.29 is 4.74 Å². The Balaban J connectivity index is 1.29. The van der Waals surface area contributed by atoms with E-state index >= 15 is 0 Å². The highest BCUT2D eigenvalue weighted by Gasteiger charge is 2.31. The first-order valence-electron chi connectivity index (χ1n) is 14.9. The van der Waals surface area contributed by atoms with Gasteiger partial charge in [0, 0.05) is 32.7 Å². The van der Waals surface area contributed by atoms with E-state index in [1.54, 1.807) is 0 Å². The molecule has 0 bridgehead atoms. The van der Waals surface area contributed by atoms with Gasteiger partial charge in [0.15, 0.2) is 5.82 Å². The predicted octanol–water partition coefficient (Wildman–Crippen LogP) is 6.80. The average Bonchev–Trinajstić information content (AvgIpc) is 3.49. The molecule has 1 saturated heterocycles. The number of rotatable bonds is 9. The van der Waals surface area contributed by atoms with Crippen molar-refractivity contribution in [1.29, 1.82) is 0 Å². The molecule has 1 atom stereocenters. The lowest BCUT2D eigenvalue weighted by Crippen LogP contribution is -2.48. The van der Waals surface area contributed by atoms with Gasteiger partial charge in [-0.2, -0.15) is 4.68 Å². The van der Waals surface area contributed by atoms with Crippen molar-refractivity contribution in [3.05, 3.63) is 137 Å². The third-order valence-electron chi connectivity index (χ3n) is 8.07. The van der Waals surface area contributed by atoms with Gasteiger partial charge in [0.25, 0.3) is 0 Å². The fourth-order valence-electron chi connectivity index (χ4n) is 5.78. The summed E-state index contributed by atoms with van der Waals surface area (Å²) in [6.45, 7) is 10.9. The number of piperazine rings is 1. The lowest BCUT2D eigenvalue weighted by atomic mass is 10.0. The Labute approximate surface area is 254 Å². The molecule has 6 rings (SSSR count). The van der Waals surface area contributed by atoms with E-state index in [-0.39, 0.29) is 6.04 Å². The molecule has 1 aliphatic rings. The summed E-state index contributed by atoms with van der Waals surface area (Å²) in [4.78, 5) is 5.00. The molecule has 0 spiro atoms. The standard InChI is InChI=1S/C36H38N6O/c1-27-17-19-32(20-18-27)43-33-16-8-15-31(26-33)35(36-37-38-39-42(36)34-28(2)10-7-11-29(34)3)41-24-22-40(23-25-41)21-9-14-30-12-5-4-6-13-30/h4-20,26,35H,21-25H2,1-3H3/t35-/m0/s1. The highest BCUT2D eigenvalue weighted by Crippen LogP contribution is 2.33. The van der Waals surface area contributed by atoms with Crippen LogP contribution in [0.3, 0.4) is 0 Å². The fraction of sp³-hybridized carbons (Fsp3) is 0.250. The second-order valence-corrected chi connectivity index (χ2v) is 11.2. The average molecular weight is 571 g/mol. The number of aromatic nitrogens is 4. The van der Waals surface area contributed by atoms with Gasteiger partial charge in [0.1, 0.15) is 11.5 Å². The highest BCUT2D eigenvalue weighted by molar-refractivity contribution is 5.49. The van der Waals surface area contributed by atoms with Gasteiger partial charge in [-0.3, -0.25) is 9.80 Å². The van der Waals surface area contributed by atoms with Crippen LogP contribution in [0.1, 0.15) is 39.7 Å². The zero-order valence-corrected chi connectivity index (χ0v) is 25.1. The molecule has 2 heterocycles. The minimum Gasteiger partial charge on any atom is -0.457 e. The van der Waals surface area contributed by atoms with Crippen LogP contribution in [0.2, 0.25) is 0 Å². The van der Waals surface area contributed by atoms with E-state index in [2.05, 4.69) is 131 Å². The SMILES string of the molecule is Cc1ccc(Oc2cccc([C@@H](c3nnnn3-c3c(C)cccc3C)N3CCN(CC=Cc4ccccc4)CC3)c2)cc1. The molecule has 43 heavy (non-hydrogen) atoms. The molecule has 7 nitrogen and oxygen atoms in total. The van der Waals surface area contributed by atoms with E-state index in [1.165, 1.54) is 11.1 Å². The molecule has 1 aliphatic heterocycles. The summed E-state index contributed by atoms with van der Waals surface area (Å²) in [5.41, 5.74) is 6.84. The predicted molar refractivity (Wildman–Crippen MR) is 172 cm³/mol. The molecule has 7 heteroatoms. The van der Waals surface area contributed by atoms with E-state index in [4.69, 9.17) is 4.74 Å². The van der Waals surface area contributed by atoms with Gasteiger partial charge in [0.05, 0.1) is 11.7 Å². The van der Waals surface area contributed by atoms with Gasteiger partial charge in [-0.1, -0.05) is 90.5 Å². The molecular formula is C36H38N6O. The lowest BCUT2D eigenvalue weighted by Gasteiger charge is -2.38. The van der Waals surface area contributed by atoms with Gasteiger partial charge < -0.3 is 4.74 Å². The van der Waals surface area contributed by atoms with Crippen LogP contribution in [0.5, 0.6) is 11.5 Å². The minimum atomic E-state index is -0.141. The van der Waals surface area contributed by atoms with Crippen LogP contribution in [-0.4, -0.2) is 62.7 Å². The molecular weight excluding hydrogens is 532 g/mol. The van der Waals surface area contributed by atoms with E-state index in [0.29, 0.717) is 0 Å². The van der Waals surface area contributed by atoms with Gasteiger partial charge in [-0.05, 0) is 77.7 Å². The van der Waals surface area contributed by atoms with Crippen LogP contribution in [0, 0.1) is 20.8 Å². The van der Waals surface area contributed by atoms with Gasteiger partial charge >= 0.3 is 0 Å². The van der Waals surface area contributed by atoms with Gasteiger partial charge in [0.2, 0.25) is 0 Å². The van der Waals surface area contributed by atoms with Crippen molar-refractivity contribution in [2.45, 2.75) is 26.8 Å². The van der Waals surface area contributed by atoms with Crippen LogP contribution >= 0.6 is 0 Å². The number of aryl methyl sites for hydroxylation is 3. The third-order valence-corrected chi connectivity index (χ3v) is 8.07. The largest absolute Gasteiger partial charge is 0.457 e. The number of tetrazole rings is 1. The monoisotopic (exact) mass is 570 g/mol. The molecule has 0 unspecified atom stereocenters. The molecule has 218 valence electrons. The van der Waals surface area contributed by atoms with Crippen molar-refractivity contribution in [2.75, 3.05) is 32.7 Å². The summed E-state index contributed by atoms with van der Waals surface area (Å²) < 4.78 is 8.22. The van der Waals surface area contributed by atoms with Crippen LogP contribution < -0.4 is 4.74 Å². The second-order valence-electron chi connectivity index (χ2n) is 11.2. The van der Waals surface area contributed by atoms with Crippen LogP contribution in [-0.2, 0) is 0 Å². The van der Waals surface area contributed by atoms with Crippen molar-refractivity contribution in [3.63, 3.8) is 0 Å². The molecule has 5 aromatic rings. The molecule has 1 fully saturated rings. The van der Waals surface area contributed by atoms with Crippen molar-refractivity contribution in [2.24, 2.45) is 0 Å². The number of benzene rings is 4. The van der Waals surface area contributed by atoms with Crippen LogP contribution in [0.15, 0.2) is 103 Å². The van der Waals surface area contributed by atoms with Crippen molar-refractivity contribution >= 4 is 6.08 Å². The van der Waals surface area contributed by atoms with E-state index < -0.39 is 0 Å². The molecule has 4 aromatic carbocycles. The Kier molecular flexibility index (Phi) is 8.72. The van der Waals surface area contributed by atoms with Gasteiger partial charge in [-0.25, -0.2) is 0 Å². The van der Waals surface area contributed by atoms with E-state index in [9.17, 15) is 0 Å². The fourth-order valence-corrected chi connectivity index (χ4v) is 5.78. The second kappa shape index (κ2) is 13.2. The van der Waals surface area contributed by atoms with E-state index in [1.807, 2.05) is 28.9 Å². The zero-order chi connectivity index (χ0) is 29.6. The molecule has 0 aliphatic carbocycles. The Morgan fingerprint density at radius 3 is 2.23 bits per heavy atom. The zero-order valence-electron chi connectivity index (χ0n) is 25.1. The number of para-hydroxylation sites is 1. The number of nitrogens with zero attached hydrogens (tertiary/aromatic N) is 6. The van der Waals surface area contributed by atoms with Crippen LogP contribution in [0.25, 0.3) is 11.8 Å². The van der Waals surface area contributed by atoms with Crippen molar-refractivity contribution in [1.82, 2.24) is 30.0 Å². The summed E-state index contributed by atoms with van der Waals surface area (Å²) in [6.07, 6.45) is 4.46. The summed E-state index contributed by atoms with van der Waals surface area (Å²) in [5.74, 6) is 2.42. The Morgan fingerprint density at radius 2 is 1.49 bits per heavy atom. The summed E-state index contributed by atoms with van der Waals surface area (Å²) in [5, 5.41) is 13.3. The lowest BCUT2D eigenvalue weighted by molar-refractivity contribution is 0.113. The molecule has 0 saturated carbocycles. The molecule has 1 aromatic heterocycles. The Hall–Kier alpha value is -4.59. The maximum Gasteiger partial charge on any atom is 0.178 e. The maximum atomic E-state index is 6.29. The highest BCUT2D eigenvalue weighted by atomic mass is 16.5. The smallest absolute Gasteiger partial charge is 0.178 e. The number of hydrogen-bond donors (Lipinski definition) is 0. The van der Waals surface area contributed by atoms with E-state index in [0.717, 1.165) is 72.4 Å². The van der Waals surface area contributed by atoms with Crippen LogP contribution in [0.4, 0.5) is 0 Å². The first kappa shape index (κ1) is 28.5. The number of hydrogen-bond acceptors (Lipinski definition) is 6. The molecule has 0 N–H and O–H groups in total. The summed E-state index contributed by atoms with van der Waals surface area (Å²) in [7, 11) is 0. The third kappa shape index (κ3) is 6.74. The van der Waals surface area contributed by atoms with Gasteiger partial charge in [-0.15, -0.1) is 5.10 Å². The topological polar surface area (TPSA) is 59.3 Å². The summed E-state index contributed by atoms with van der Waals surface area (Å²) in [6, 6.07) is 33.1. The first-order valence-corrected chi connectivity index (χ1v) is 14.9. The Bertz CT molecular complexity index is 1650. The molecule has 0 radical (unpaired) electrons.